The van der Waals surface area contributed by atoms with Gasteiger partial charge in [-0.05, 0) is 24.1 Å². The zero-order valence-electron chi connectivity index (χ0n) is 13.8. The molecule has 0 fully saturated rings. The predicted octanol–water partition coefficient (Wildman–Crippen LogP) is 3.53. The van der Waals surface area contributed by atoms with E-state index in [9.17, 15) is 10.1 Å². The van der Waals surface area contributed by atoms with Crippen LogP contribution < -0.4 is 5.73 Å². The summed E-state index contributed by atoms with van der Waals surface area (Å²) >= 11 is 0. The Kier molecular flexibility index (Phi) is 4.31. The van der Waals surface area contributed by atoms with Crippen LogP contribution in [0.2, 0.25) is 0 Å². The molecular formula is C18H20N4O2. The fourth-order valence-electron chi connectivity index (χ4n) is 2.83. The normalized spacial score (nSPS) is 11.3. The van der Waals surface area contributed by atoms with Gasteiger partial charge in [-0.2, -0.15) is 0 Å². The Morgan fingerprint density at radius 3 is 2.50 bits per heavy atom. The molecule has 2 heterocycles. The Morgan fingerprint density at radius 2 is 1.92 bits per heavy atom. The number of rotatable bonds is 5. The third-order valence-electron chi connectivity index (χ3n) is 4.12. The second-order valence-electron chi connectivity index (χ2n) is 6.10. The van der Waals surface area contributed by atoms with Crippen LogP contribution in [0.4, 0.5) is 5.69 Å². The van der Waals surface area contributed by atoms with E-state index in [0.717, 1.165) is 17.0 Å². The number of imidazole rings is 1. The lowest BCUT2D eigenvalue weighted by atomic mass is 10.00. The zero-order valence-corrected chi connectivity index (χ0v) is 13.8. The van der Waals surface area contributed by atoms with E-state index >= 15 is 0 Å². The minimum absolute atomic E-state index is 0.0410. The first-order valence-corrected chi connectivity index (χ1v) is 7.97. The van der Waals surface area contributed by atoms with Gasteiger partial charge in [-0.1, -0.05) is 38.1 Å². The average molecular weight is 324 g/mol. The summed E-state index contributed by atoms with van der Waals surface area (Å²) in [5, 5.41) is 11.1. The average Bonchev–Trinajstić information content (AvgIpc) is 2.92. The van der Waals surface area contributed by atoms with E-state index in [4.69, 9.17) is 5.73 Å². The molecule has 0 amide bonds. The second kappa shape index (κ2) is 6.41. The number of hydrogen-bond donors (Lipinski definition) is 1. The van der Waals surface area contributed by atoms with Crippen molar-refractivity contribution >= 4 is 11.3 Å². The molecule has 0 unspecified atom stereocenters. The number of nitrogens with zero attached hydrogens (tertiary/aromatic N) is 3. The molecule has 1 aromatic carbocycles. The highest BCUT2D eigenvalue weighted by Crippen LogP contribution is 2.28. The third-order valence-corrected chi connectivity index (χ3v) is 4.12. The molecule has 2 N–H and O–H groups in total. The summed E-state index contributed by atoms with van der Waals surface area (Å²) in [7, 11) is 0. The lowest BCUT2D eigenvalue weighted by Crippen LogP contribution is -2.04. The third kappa shape index (κ3) is 2.88. The van der Waals surface area contributed by atoms with Gasteiger partial charge in [0.1, 0.15) is 5.65 Å². The van der Waals surface area contributed by atoms with Crippen molar-refractivity contribution in [2.45, 2.75) is 26.2 Å². The molecule has 6 heteroatoms. The van der Waals surface area contributed by atoms with Crippen molar-refractivity contribution in [3.05, 3.63) is 64.0 Å². The summed E-state index contributed by atoms with van der Waals surface area (Å²) in [5.41, 5.74) is 10.4. The van der Waals surface area contributed by atoms with E-state index in [1.165, 1.54) is 17.8 Å². The van der Waals surface area contributed by atoms with Gasteiger partial charge in [0.15, 0.2) is 0 Å². The molecule has 124 valence electrons. The molecule has 3 rings (SSSR count). The van der Waals surface area contributed by atoms with Crippen LogP contribution in [0.25, 0.3) is 16.9 Å². The van der Waals surface area contributed by atoms with Gasteiger partial charge in [-0.3, -0.25) is 14.5 Å². The van der Waals surface area contributed by atoms with Gasteiger partial charge in [0.25, 0.3) is 5.69 Å². The maximum Gasteiger partial charge on any atom is 0.286 e. The van der Waals surface area contributed by atoms with Crippen molar-refractivity contribution in [3.63, 3.8) is 0 Å². The fraction of sp³-hybridized carbons (Fsp3) is 0.278. The second-order valence-corrected chi connectivity index (χ2v) is 6.10. The molecular weight excluding hydrogens is 304 g/mol. The van der Waals surface area contributed by atoms with Crippen LogP contribution in [-0.2, 0) is 6.42 Å². The highest BCUT2D eigenvalue weighted by atomic mass is 16.6. The predicted molar refractivity (Wildman–Crippen MR) is 94.1 cm³/mol. The van der Waals surface area contributed by atoms with Crippen molar-refractivity contribution in [1.29, 1.82) is 0 Å². The van der Waals surface area contributed by atoms with Crippen LogP contribution in [0.5, 0.6) is 0 Å². The Balaban J connectivity index is 2.20. The molecule has 0 bridgehead atoms. The van der Waals surface area contributed by atoms with Gasteiger partial charge in [-0.15, -0.1) is 0 Å². The van der Waals surface area contributed by atoms with E-state index in [-0.39, 0.29) is 5.69 Å². The quantitative estimate of drug-likeness (QED) is 0.574. The number of nitrogens with two attached hydrogens (primary N) is 1. The van der Waals surface area contributed by atoms with E-state index in [1.807, 2.05) is 12.1 Å². The molecule has 0 saturated heterocycles. The molecule has 0 saturated carbocycles. The topological polar surface area (TPSA) is 86.5 Å². The monoisotopic (exact) mass is 324 g/mol. The van der Waals surface area contributed by atoms with Crippen molar-refractivity contribution in [3.8, 4) is 11.3 Å². The number of nitro groups is 1. The number of aromatic nitrogens is 2. The number of hydrogen-bond acceptors (Lipinski definition) is 4. The largest absolute Gasteiger partial charge is 0.330 e. The molecule has 0 atom stereocenters. The first-order chi connectivity index (χ1) is 11.5. The lowest BCUT2D eigenvalue weighted by Gasteiger charge is -2.08. The number of fused-ring (bicyclic) bond motifs is 1. The van der Waals surface area contributed by atoms with E-state index in [1.54, 1.807) is 10.5 Å². The van der Waals surface area contributed by atoms with Gasteiger partial charge in [0, 0.05) is 18.1 Å². The molecule has 0 aliphatic rings. The van der Waals surface area contributed by atoms with E-state index < -0.39 is 4.92 Å². The summed E-state index contributed by atoms with van der Waals surface area (Å²) in [5.74, 6) is 0.450. The van der Waals surface area contributed by atoms with Crippen LogP contribution in [0.1, 0.15) is 31.0 Å². The van der Waals surface area contributed by atoms with Gasteiger partial charge in [-0.25, -0.2) is 4.98 Å². The van der Waals surface area contributed by atoms with Crippen LogP contribution >= 0.6 is 0 Å². The molecule has 0 radical (unpaired) electrons. The maximum absolute atomic E-state index is 11.1. The van der Waals surface area contributed by atoms with Crippen molar-refractivity contribution in [2.75, 3.05) is 6.54 Å². The van der Waals surface area contributed by atoms with Gasteiger partial charge in [0.2, 0.25) is 0 Å². The fourth-order valence-corrected chi connectivity index (χ4v) is 2.83. The molecule has 2 aromatic heterocycles. The highest BCUT2D eigenvalue weighted by Gasteiger charge is 2.16. The van der Waals surface area contributed by atoms with Crippen molar-refractivity contribution in [2.24, 2.45) is 5.73 Å². The first kappa shape index (κ1) is 16.1. The Bertz CT molecular complexity index is 882. The zero-order chi connectivity index (χ0) is 17.3. The van der Waals surface area contributed by atoms with Crippen molar-refractivity contribution in [1.82, 2.24) is 9.38 Å². The summed E-state index contributed by atoms with van der Waals surface area (Å²) in [6.45, 7) is 4.77. The number of pyridine rings is 1. The van der Waals surface area contributed by atoms with Crippen LogP contribution in [-0.4, -0.2) is 20.9 Å². The highest BCUT2D eigenvalue weighted by molar-refractivity contribution is 5.68. The Labute approximate surface area is 140 Å². The molecule has 0 aliphatic heterocycles. The van der Waals surface area contributed by atoms with Gasteiger partial charge >= 0.3 is 0 Å². The number of benzene rings is 1. The maximum atomic E-state index is 11.1. The van der Waals surface area contributed by atoms with Gasteiger partial charge in [0.05, 0.1) is 22.5 Å². The molecule has 24 heavy (non-hydrogen) atoms. The lowest BCUT2D eigenvalue weighted by molar-refractivity contribution is -0.385. The van der Waals surface area contributed by atoms with Crippen LogP contribution in [0.15, 0.2) is 42.6 Å². The summed E-state index contributed by atoms with van der Waals surface area (Å²) in [6.07, 6.45) is 2.14. The minimum atomic E-state index is -0.395. The Hall–Kier alpha value is -2.73. The van der Waals surface area contributed by atoms with Gasteiger partial charge < -0.3 is 5.73 Å². The Morgan fingerprint density at radius 1 is 1.21 bits per heavy atom. The van der Waals surface area contributed by atoms with Crippen molar-refractivity contribution < 1.29 is 4.92 Å². The summed E-state index contributed by atoms with van der Waals surface area (Å²) < 4.78 is 1.79. The van der Waals surface area contributed by atoms with E-state index in [0.29, 0.717) is 24.5 Å². The summed E-state index contributed by atoms with van der Waals surface area (Å²) in [6, 6.07) is 11.4. The molecule has 6 nitrogen and oxygen atoms in total. The smallest absolute Gasteiger partial charge is 0.286 e. The molecule has 0 spiro atoms. The minimum Gasteiger partial charge on any atom is -0.330 e. The van der Waals surface area contributed by atoms with E-state index in [2.05, 4.69) is 31.0 Å². The first-order valence-electron chi connectivity index (χ1n) is 7.97. The van der Waals surface area contributed by atoms with Crippen LogP contribution in [0, 0.1) is 10.1 Å². The standard InChI is InChI=1S/C18H20N4O2/c1-12(2)13-3-5-14(6-4-13)18-16(9-10-19)20-17-8-7-15(22(23)24)11-21(17)18/h3-8,11-12H,9-10,19H2,1-2H3. The SMILES string of the molecule is CC(C)c1ccc(-c2c(CCN)nc3ccc([N+](=O)[O-])cn23)cc1. The molecule has 0 aliphatic carbocycles. The molecule has 3 aromatic rings. The summed E-state index contributed by atoms with van der Waals surface area (Å²) in [4.78, 5) is 15.3. The van der Waals surface area contributed by atoms with Crippen LogP contribution in [0.3, 0.4) is 0 Å².